The van der Waals surface area contributed by atoms with E-state index < -0.39 is 0 Å². The van der Waals surface area contributed by atoms with Crippen LogP contribution in [0.15, 0.2) is 57.4 Å². The zero-order chi connectivity index (χ0) is 15.5. The summed E-state index contributed by atoms with van der Waals surface area (Å²) in [4.78, 5) is 8.97. The summed E-state index contributed by atoms with van der Waals surface area (Å²) >= 11 is 1.86. The molecule has 0 aliphatic rings. The Morgan fingerprint density at radius 3 is 1.65 bits per heavy atom. The average Bonchev–Trinajstić information content (AvgIpc) is 3.17. The molecule has 116 valence electrons. The summed E-state index contributed by atoms with van der Waals surface area (Å²) < 4.78 is 11.4. The van der Waals surface area contributed by atoms with E-state index in [1.165, 1.54) is 0 Å². The number of oxazole rings is 2. The maximum Gasteiger partial charge on any atom is 0.196 e. The van der Waals surface area contributed by atoms with Crippen LogP contribution in [-0.2, 0) is 12.8 Å². The summed E-state index contributed by atoms with van der Waals surface area (Å²) in [5.41, 5.74) is 3.58. The van der Waals surface area contributed by atoms with Gasteiger partial charge < -0.3 is 8.83 Å². The van der Waals surface area contributed by atoms with Crippen LogP contribution in [0.2, 0.25) is 0 Å². The number of aromatic nitrogens is 2. The number of rotatable bonds is 6. The highest BCUT2D eigenvalue weighted by Gasteiger charge is 2.06. The molecule has 4 nitrogen and oxygen atoms in total. The molecule has 0 saturated carbocycles. The van der Waals surface area contributed by atoms with E-state index in [0.717, 1.165) is 58.3 Å². The van der Waals surface area contributed by atoms with Crippen molar-refractivity contribution in [2.45, 2.75) is 12.8 Å². The lowest BCUT2D eigenvalue weighted by Crippen LogP contribution is -1.93. The minimum absolute atomic E-state index is 0.806. The fraction of sp³-hybridized carbons (Fsp3) is 0.222. The first kappa shape index (κ1) is 14.3. The molecule has 0 fully saturated rings. The Morgan fingerprint density at radius 1 is 0.696 bits per heavy atom. The molecule has 4 rings (SSSR count). The zero-order valence-corrected chi connectivity index (χ0v) is 13.4. The van der Waals surface area contributed by atoms with Gasteiger partial charge in [0.1, 0.15) is 11.0 Å². The Hall–Kier alpha value is -2.27. The lowest BCUT2D eigenvalue weighted by molar-refractivity contribution is 0.538. The van der Waals surface area contributed by atoms with Crippen LogP contribution in [0.25, 0.3) is 22.2 Å². The van der Waals surface area contributed by atoms with E-state index in [9.17, 15) is 0 Å². The van der Waals surface area contributed by atoms with Gasteiger partial charge in [-0.3, -0.25) is 0 Å². The highest BCUT2D eigenvalue weighted by atomic mass is 32.2. The molecule has 0 aliphatic heterocycles. The van der Waals surface area contributed by atoms with Crippen LogP contribution in [0.4, 0.5) is 0 Å². The van der Waals surface area contributed by atoms with Gasteiger partial charge >= 0.3 is 0 Å². The number of thioether (sulfide) groups is 1. The highest BCUT2D eigenvalue weighted by molar-refractivity contribution is 7.99. The van der Waals surface area contributed by atoms with Crippen LogP contribution in [-0.4, -0.2) is 21.5 Å². The van der Waals surface area contributed by atoms with Crippen LogP contribution in [0, 0.1) is 0 Å². The van der Waals surface area contributed by atoms with Crippen molar-refractivity contribution < 1.29 is 8.83 Å². The molecule has 0 bridgehead atoms. The maximum absolute atomic E-state index is 5.72. The molecule has 0 saturated heterocycles. The highest BCUT2D eigenvalue weighted by Crippen LogP contribution is 2.18. The topological polar surface area (TPSA) is 52.1 Å². The van der Waals surface area contributed by atoms with E-state index in [-0.39, 0.29) is 0 Å². The molecule has 0 unspecified atom stereocenters. The Kier molecular flexibility index (Phi) is 4.03. The summed E-state index contributed by atoms with van der Waals surface area (Å²) in [6.45, 7) is 0. The third kappa shape index (κ3) is 3.24. The van der Waals surface area contributed by atoms with E-state index in [0.29, 0.717) is 0 Å². The molecule has 0 radical (unpaired) electrons. The van der Waals surface area contributed by atoms with Crippen LogP contribution in [0.3, 0.4) is 0 Å². The normalized spacial score (nSPS) is 11.5. The molecular weight excluding hydrogens is 308 g/mol. The van der Waals surface area contributed by atoms with Crippen molar-refractivity contribution in [1.82, 2.24) is 9.97 Å². The first-order chi connectivity index (χ1) is 11.4. The molecular formula is C18H16N2O2S. The van der Waals surface area contributed by atoms with Crippen LogP contribution >= 0.6 is 11.8 Å². The van der Waals surface area contributed by atoms with Crippen molar-refractivity contribution in [3.05, 3.63) is 60.3 Å². The summed E-state index contributed by atoms with van der Waals surface area (Å²) in [5, 5.41) is 0. The van der Waals surface area contributed by atoms with Crippen molar-refractivity contribution >= 4 is 34.0 Å². The second-order valence-electron chi connectivity index (χ2n) is 5.26. The average molecular weight is 324 g/mol. The molecule has 0 aliphatic carbocycles. The van der Waals surface area contributed by atoms with Gasteiger partial charge in [-0.15, -0.1) is 0 Å². The van der Waals surface area contributed by atoms with Crippen molar-refractivity contribution in [1.29, 1.82) is 0 Å². The van der Waals surface area contributed by atoms with Gasteiger partial charge in [0, 0.05) is 24.3 Å². The van der Waals surface area contributed by atoms with E-state index >= 15 is 0 Å². The number of nitrogens with zero attached hydrogens (tertiary/aromatic N) is 2. The minimum atomic E-state index is 0.806. The van der Waals surface area contributed by atoms with Crippen molar-refractivity contribution in [3.63, 3.8) is 0 Å². The van der Waals surface area contributed by atoms with E-state index in [1.807, 2.05) is 60.3 Å². The number of fused-ring (bicyclic) bond motifs is 2. The fourth-order valence-corrected chi connectivity index (χ4v) is 3.32. The van der Waals surface area contributed by atoms with Gasteiger partial charge in [0.2, 0.25) is 0 Å². The number of benzene rings is 2. The molecule has 23 heavy (non-hydrogen) atoms. The Bertz CT molecular complexity index is 787. The van der Waals surface area contributed by atoms with E-state index in [2.05, 4.69) is 9.97 Å². The molecule has 0 atom stereocenters. The Morgan fingerprint density at radius 2 is 1.17 bits per heavy atom. The van der Waals surface area contributed by atoms with Crippen molar-refractivity contribution in [2.24, 2.45) is 0 Å². The number of hydrogen-bond acceptors (Lipinski definition) is 5. The smallest absolute Gasteiger partial charge is 0.196 e. The van der Waals surface area contributed by atoms with E-state index in [1.54, 1.807) is 0 Å². The number of para-hydroxylation sites is 4. The van der Waals surface area contributed by atoms with Crippen LogP contribution in [0.1, 0.15) is 11.8 Å². The molecule has 5 heteroatoms. The maximum atomic E-state index is 5.72. The van der Waals surface area contributed by atoms with Gasteiger partial charge in [0.05, 0.1) is 0 Å². The number of hydrogen-bond donors (Lipinski definition) is 0. The fourth-order valence-electron chi connectivity index (χ4n) is 2.47. The summed E-state index contributed by atoms with van der Waals surface area (Å²) in [6, 6.07) is 15.7. The Labute approximate surface area is 137 Å². The molecule has 4 aromatic rings. The summed E-state index contributed by atoms with van der Waals surface area (Å²) in [5.74, 6) is 3.57. The molecule has 0 N–H and O–H groups in total. The van der Waals surface area contributed by atoms with Gasteiger partial charge in [-0.25, -0.2) is 9.97 Å². The van der Waals surface area contributed by atoms with Crippen LogP contribution in [0.5, 0.6) is 0 Å². The predicted octanol–water partition coefficient (Wildman–Crippen LogP) is 4.49. The Balaban J connectivity index is 1.27. The van der Waals surface area contributed by atoms with E-state index in [4.69, 9.17) is 8.83 Å². The zero-order valence-electron chi connectivity index (χ0n) is 12.6. The number of aryl methyl sites for hydroxylation is 2. The van der Waals surface area contributed by atoms with Crippen molar-refractivity contribution in [2.75, 3.05) is 11.5 Å². The molecule has 2 aromatic carbocycles. The molecule has 0 amide bonds. The van der Waals surface area contributed by atoms with Gasteiger partial charge in [0.15, 0.2) is 22.9 Å². The monoisotopic (exact) mass is 324 g/mol. The molecule has 2 heterocycles. The lowest BCUT2D eigenvalue weighted by Gasteiger charge is -1.97. The standard InChI is InChI=1S/C18H16N2O2S/c1-3-7-15-13(5-1)19-17(21-15)9-11-23-12-10-18-20-14-6-2-4-8-16(14)22-18/h1-8H,9-12H2. The SMILES string of the molecule is c1ccc2oc(CCSCCc3nc4ccccc4o3)nc2c1. The second-order valence-corrected chi connectivity index (χ2v) is 6.49. The minimum Gasteiger partial charge on any atom is -0.441 e. The second kappa shape index (κ2) is 6.46. The summed E-state index contributed by atoms with van der Waals surface area (Å²) in [6.07, 6.45) is 1.68. The third-order valence-corrected chi connectivity index (χ3v) is 4.58. The van der Waals surface area contributed by atoms with Crippen molar-refractivity contribution in [3.8, 4) is 0 Å². The molecule has 0 spiro atoms. The quantitative estimate of drug-likeness (QED) is 0.489. The first-order valence-corrected chi connectivity index (χ1v) is 8.80. The predicted molar refractivity (Wildman–Crippen MR) is 92.8 cm³/mol. The van der Waals surface area contributed by atoms with Gasteiger partial charge in [-0.1, -0.05) is 24.3 Å². The summed E-state index contributed by atoms with van der Waals surface area (Å²) in [7, 11) is 0. The van der Waals surface area contributed by atoms with Gasteiger partial charge in [-0.05, 0) is 24.3 Å². The van der Waals surface area contributed by atoms with Gasteiger partial charge in [-0.2, -0.15) is 11.8 Å². The largest absolute Gasteiger partial charge is 0.441 e. The molecule has 2 aromatic heterocycles. The first-order valence-electron chi connectivity index (χ1n) is 7.65. The third-order valence-electron chi connectivity index (χ3n) is 3.60. The van der Waals surface area contributed by atoms with Gasteiger partial charge in [0.25, 0.3) is 0 Å². The lowest BCUT2D eigenvalue weighted by atomic mass is 10.3. The van der Waals surface area contributed by atoms with Crippen LogP contribution < -0.4 is 0 Å².